The van der Waals surface area contributed by atoms with Crippen molar-refractivity contribution in [2.75, 3.05) is 13.1 Å². The van der Waals surface area contributed by atoms with Gasteiger partial charge in [0.15, 0.2) is 10.9 Å². The molecule has 2 atom stereocenters. The monoisotopic (exact) mass is 414 g/mol. The Morgan fingerprint density at radius 1 is 1.28 bits per heavy atom. The Bertz CT molecular complexity index is 924. The predicted molar refractivity (Wildman–Crippen MR) is 110 cm³/mol. The highest BCUT2D eigenvalue weighted by molar-refractivity contribution is 8.14. The number of hydrogen-bond acceptors (Lipinski definition) is 6. The van der Waals surface area contributed by atoms with Crippen LogP contribution < -0.4 is 0 Å². The van der Waals surface area contributed by atoms with E-state index in [4.69, 9.17) is 4.52 Å². The Morgan fingerprint density at radius 2 is 2.07 bits per heavy atom. The number of rotatable bonds is 6. The van der Waals surface area contributed by atoms with E-state index in [1.165, 1.54) is 24.1 Å². The van der Waals surface area contributed by atoms with Gasteiger partial charge in [-0.1, -0.05) is 35.1 Å². The van der Waals surface area contributed by atoms with Crippen molar-refractivity contribution in [3.8, 4) is 0 Å². The molecule has 1 aromatic carbocycles. The quantitative estimate of drug-likeness (QED) is 0.703. The number of aromatic nitrogens is 1. The molecule has 1 aliphatic heterocycles. The van der Waals surface area contributed by atoms with Gasteiger partial charge in [-0.3, -0.25) is 14.5 Å². The third-order valence-electron chi connectivity index (χ3n) is 5.39. The van der Waals surface area contributed by atoms with Gasteiger partial charge in [0.2, 0.25) is 0 Å². The zero-order valence-electron chi connectivity index (χ0n) is 16.2. The average Bonchev–Trinajstić information content (AvgIpc) is 3.42. The zero-order chi connectivity index (χ0) is 20.4. The molecule has 4 rings (SSSR count). The number of thioether (sulfide) groups is 1. The van der Waals surface area contributed by atoms with E-state index >= 15 is 0 Å². The molecule has 0 bridgehead atoms. The van der Waals surface area contributed by atoms with E-state index < -0.39 is 6.04 Å². The fourth-order valence-corrected chi connectivity index (χ4v) is 4.80. The number of halogens is 1. The predicted octanol–water partition coefficient (Wildman–Crippen LogP) is 4.27. The normalized spacial score (nSPS) is 22.6. The minimum absolute atomic E-state index is 0.0118. The van der Waals surface area contributed by atoms with Gasteiger partial charge < -0.3 is 4.52 Å². The molecule has 0 N–H and O–H groups in total. The van der Waals surface area contributed by atoms with Crippen LogP contribution in [0.15, 0.2) is 46.7 Å². The van der Waals surface area contributed by atoms with Crippen molar-refractivity contribution in [3.05, 3.63) is 59.2 Å². The SMILES string of the molecule is CC(=O)SC1CCN(C(C(=O)C2CC2)c2ccccc2F)C/C1=C/c1ccon1. The van der Waals surface area contributed by atoms with Crippen LogP contribution in [0.5, 0.6) is 0 Å². The largest absolute Gasteiger partial charge is 0.364 e. The van der Waals surface area contributed by atoms with Gasteiger partial charge >= 0.3 is 0 Å². The lowest BCUT2D eigenvalue weighted by molar-refractivity contribution is -0.126. The lowest BCUT2D eigenvalue weighted by Crippen LogP contribution is -2.43. The van der Waals surface area contributed by atoms with Crippen LogP contribution in [0.2, 0.25) is 0 Å². The lowest BCUT2D eigenvalue weighted by Gasteiger charge is -2.38. The maximum Gasteiger partial charge on any atom is 0.186 e. The molecule has 152 valence electrons. The molecule has 0 spiro atoms. The molecule has 1 saturated heterocycles. The molecule has 2 heterocycles. The lowest BCUT2D eigenvalue weighted by atomic mass is 9.93. The van der Waals surface area contributed by atoms with Gasteiger partial charge in [-0.25, -0.2) is 4.39 Å². The maximum atomic E-state index is 14.6. The summed E-state index contributed by atoms with van der Waals surface area (Å²) in [6.07, 6.45) is 5.87. The third-order valence-corrected chi connectivity index (χ3v) is 6.55. The molecule has 2 aromatic rings. The van der Waals surface area contributed by atoms with E-state index in [9.17, 15) is 14.0 Å². The van der Waals surface area contributed by atoms with Crippen LogP contribution in [-0.2, 0) is 9.59 Å². The summed E-state index contributed by atoms with van der Waals surface area (Å²) in [5.74, 6) is -0.241. The summed E-state index contributed by atoms with van der Waals surface area (Å²) in [7, 11) is 0. The van der Waals surface area contributed by atoms with E-state index in [1.54, 1.807) is 31.2 Å². The topological polar surface area (TPSA) is 63.4 Å². The Balaban J connectivity index is 1.66. The molecule has 7 heteroatoms. The van der Waals surface area contributed by atoms with Gasteiger partial charge in [-0.15, -0.1) is 0 Å². The smallest absolute Gasteiger partial charge is 0.186 e. The van der Waals surface area contributed by atoms with Gasteiger partial charge in [-0.05, 0) is 37.0 Å². The third kappa shape index (κ3) is 4.67. The van der Waals surface area contributed by atoms with Gasteiger partial charge in [-0.2, -0.15) is 0 Å². The Hall–Kier alpha value is -2.25. The summed E-state index contributed by atoms with van der Waals surface area (Å²) < 4.78 is 19.5. The fourth-order valence-electron chi connectivity index (χ4n) is 3.88. The molecule has 2 unspecified atom stereocenters. The first-order chi connectivity index (χ1) is 14.0. The Kier molecular flexibility index (Phi) is 5.96. The molecule has 1 aromatic heterocycles. The van der Waals surface area contributed by atoms with Crippen molar-refractivity contribution in [3.63, 3.8) is 0 Å². The van der Waals surface area contributed by atoms with E-state index in [-0.39, 0.29) is 27.9 Å². The van der Waals surface area contributed by atoms with Crippen LogP contribution in [0.3, 0.4) is 0 Å². The number of hydrogen-bond donors (Lipinski definition) is 0. The van der Waals surface area contributed by atoms with E-state index in [0.29, 0.717) is 30.8 Å². The maximum absolute atomic E-state index is 14.6. The van der Waals surface area contributed by atoms with Crippen LogP contribution in [0, 0.1) is 11.7 Å². The summed E-state index contributed by atoms with van der Waals surface area (Å²) >= 11 is 1.29. The molecule has 5 nitrogen and oxygen atoms in total. The molecule has 0 radical (unpaired) electrons. The van der Waals surface area contributed by atoms with Crippen molar-refractivity contribution < 1.29 is 18.5 Å². The van der Waals surface area contributed by atoms with Crippen molar-refractivity contribution in [1.29, 1.82) is 0 Å². The second kappa shape index (κ2) is 8.63. The van der Waals surface area contributed by atoms with Crippen LogP contribution >= 0.6 is 11.8 Å². The first kappa shape index (κ1) is 20.0. The summed E-state index contributed by atoms with van der Waals surface area (Å²) in [5.41, 5.74) is 2.10. The van der Waals surface area contributed by atoms with Crippen molar-refractivity contribution in [2.24, 2.45) is 5.92 Å². The number of Topliss-reactive ketones (excluding diaryl/α,β-unsaturated/α-hetero) is 1. The minimum atomic E-state index is -0.604. The highest BCUT2D eigenvalue weighted by Crippen LogP contribution is 2.40. The average molecular weight is 415 g/mol. The molecule has 29 heavy (non-hydrogen) atoms. The van der Waals surface area contributed by atoms with Gasteiger partial charge in [0.05, 0.1) is 6.04 Å². The molecule has 2 fully saturated rings. The summed E-state index contributed by atoms with van der Waals surface area (Å²) in [5, 5.41) is 4.01. The van der Waals surface area contributed by atoms with Crippen molar-refractivity contribution in [1.82, 2.24) is 10.1 Å². The number of benzene rings is 1. The summed E-state index contributed by atoms with van der Waals surface area (Å²) in [6.45, 7) is 2.66. The number of carbonyl (C=O) groups is 2. The number of likely N-dealkylation sites (tertiary alicyclic amines) is 1. The summed E-state index contributed by atoms with van der Waals surface area (Å²) in [6, 6.07) is 7.68. The minimum Gasteiger partial charge on any atom is -0.364 e. The van der Waals surface area contributed by atoms with Crippen molar-refractivity contribution >= 4 is 28.7 Å². The number of nitrogens with zero attached hydrogens (tertiary/aromatic N) is 2. The van der Waals surface area contributed by atoms with E-state index in [2.05, 4.69) is 5.16 Å². The van der Waals surface area contributed by atoms with Crippen LogP contribution in [-0.4, -0.2) is 39.3 Å². The highest BCUT2D eigenvalue weighted by Gasteiger charge is 2.41. The number of ketones is 1. The van der Waals surface area contributed by atoms with E-state index in [0.717, 1.165) is 18.4 Å². The first-order valence-electron chi connectivity index (χ1n) is 9.83. The van der Waals surface area contributed by atoms with Crippen molar-refractivity contribution in [2.45, 2.75) is 37.5 Å². The second-order valence-corrected chi connectivity index (χ2v) is 8.98. The van der Waals surface area contributed by atoms with Crippen LogP contribution in [0.25, 0.3) is 6.08 Å². The molecule has 0 amide bonds. The molecular formula is C22H23FN2O3S. The summed E-state index contributed by atoms with van der Waals surface area (Å²) in [4.78, 5) is 26.9. The molecular weight excluding hydrogens is 391 g/mol. The Morgan fingerprint density at radius 3 is 2.72 bits per heavy atom. The molecule has 1 aliphatic carbocycles. The van der Waals surface area contributed by atoms with Gasteiger partial charge in [0.1, 0.15) is 17.8 Å². The standard InChI is InChI=1S/C22H23FN2O3S/c1-14(26)29-20-8-10-25(13-16(20)12-17-9-11-28-24-17)21(22(27)15-6-7-15)18-4-2-3-5-19(18)23/h2-5,9,11-12,15,20-21H,6-8,10,13H2,1H3/b16-12-. The fraction of sp³-hybridized carbons (Fsp3) is 0.409. The van der Waals surface area contributed by atoms with E-state index in [1.807, 2.05) is 11.0 Å². The zero-order valence-corrected chi connectivity index (χ0v) is 17.0. The number of piperidine rings is 1. The van der Waals surface area contributed by atoms with Gasteiger partial charge in [0, 0.05) is 42.8 Å². The Labute approximate surface area is 173 Å². The van der Waals surface area contributed by atoms with Gasteiger partial charge in [0.25, 0.3) is 0 Å². The molecule has 1 saturated carbocycles. The first-order valence-corrected chi connectivity index (χ1v) is 10.7. The van der Waals surface area contributed by atoms with Crippen LogP contribution in [0.4, 0.5) is 4.39 Å². The second-order valence-electron chi connectivity index (χ2n) is 7.60. The van der Waals surface area contributed by atoms with Crippen LogP contribution in [0.1, 0.15) is 43.5 Å². The number of carbonyl (C=O) groups excluding carboxylic acids is 2. The highest BCUT2D eigenvalue weighted by atomic mass is 32.2. The molecule has 2 aliphatic rings.